The molecule has 2 aromatic rings. The summed E-state index contributed by atoms with van der Waals surface area (Å²) in [6.45, 7) is 9.05. The molecule has 1 aromatic carbocycles. The summed E-state index contributed by atoms with van der Waals surface area (Å²) in [4.78, 5) is 7.01. The van der Waals surface area contributed by atoms with Gasteiger partial charge in [-0.05, 0) is 31.5 Å². The summed E-state index contributed by atoms with van der Waals surface area (Å²) in [5.41, 5.74) is 4.02. The third kappa shape index (κ3) is 1.66. The van der Waals surface area contributed by atoms with Crippen LogP contribution >= 0.6 is 0 Å². The fraction of sp³-hybridized carbons (Fsp3) is 0.353. The van der Waals surface area contributed by atoms with E-state index in [-0.39, 0.29) is 5.41 Å². The van der Waals surface area contributed by atoms with E-state index in [1.165, 1.54) is 16.8 Å². The highest BCUT2D eigenvalue weighted by atomic mass is 15.3. The molecule has 1 unspecified atom stereocenters. The first kappa shape index (κ1) is 12.2. The number of anilines is 2. The lowest BCUT2D eigenvalue weighted by molar-refractivity contribution is 0.462. The second kappa shape index (κ2) is 4.09. The highest BCUT2D eigenvalue weighted by Gasteiger charge is 2.43. The van der Waals surface area contributed by atoms with E-state index in [0.717, 1.165) is 5.82 Å². The maximum Gasteiger partial charge on any atom is 0.137 e. The van der Waals surface area contributed by atoms with Crippen LogP contribution in [0.1, 0.15) is 31.9 Å². The second-order valence-corrected chi connectivity index (χ2v) is 5.93. The molecular formula is C17H20N2. The summed E-state index contributed by atoms with van der Waals surface area (Å²) in [5.74, 6) is 1.11. The molecule has 0 saturated carbocycles. The van der Waals surface area contributed by atoms with Crippen LogP contribution in [0.25, 0.3) is 0 Å². The van der Waals surface area contributed by atoms with Crippen molar-refractivity contribution in [1.29, 1.82) is 0 Å². The van der Waals surface area contributed by atoms with Crippen molar-refractivity contribution in [3.63, 3.8) is 0 Å². The minimum Gasteiger partial charge on any atom is -0.322 e. The summed E-state index contributed by atoms with van der Waals surface area (Å²) >= 11 is 0. The van der Waals surface area contributed by atoms with Crippen LogP contribution in [0.4, 0.5) is 11.5 Å². The summed E-state index contributed by atoms with van der Waals surface area (Å²) in [5, 5.41) is 0. The molecule has 0 spiro atoms. The van der Waals surface area contributed by atoms with Crippen LogP contribution in [-0.4, -0.2) is 11.0 Å². The number of fused-ring (bicyclic) bond motifs is 1. The largest absolute Gasteiger partial charge is 0.322 e. The number of nitrogens with zero attached hydrogens (tertiary/aromatic N) is 2. The Hall–Kier alpha value is -1.83. The Labute approximate surface area is 115 Å². The lowest BCUT2D eigenvalue weighted by Gasteiger charge is -2.31. The van der Waals surface area contributed by atoms with Gasteiger partial charge < -0.3 is 4.90 Å². The summed E-state index contributed by atoms with van der Waals surface area (Å²) in [6.07, 6.45) is 1.89. The van der Waals surface area contributed by atoms with Gasteiger partial charge in [-0.3, -0.25) is 0 Å². The minimum atomic E-state index is 0.117. The van der Waals surface area contributed by atoms with Crippen molar-refractivity contribution < 1.29 is 0 Å². The maximum absolute atomic E-state index is 4.63. The van der Waals surface area contributed by atoms with Crippen molar-refractivity contribution in [2.45, 2.75) is 39.2 Å². The Morgan fingerprint density at radius 1 is 1.11 bits per heavy atom. The van der Waals surface area contributed by atoms with Crippen LogP contribution in [0.2, 0.25) is 0 Å². The number of hydrogen-bond acceptors (Lipinski definition) is 2. The Morgan fingerprint density at radius 3 is 2.58 bits per heavy atom. The van der Waals surface area contributed by atoms with Gasteiger partial charge >= 0.3 is 0 Å². The SMILES string of the molecule is Cc1ccccc1N1c2ncccc2C(C)(C)C1C. The molecule has 1 aliphatic rings. The highest BCUT2D eigenvalue weighted by molar-refractivity contribution is 5.72. The first-order chi connectivity index (χ1) is 9.03. The normalized spacial score (nSPS) is 20.4. The van der Waals surface area contributed by atoms with Crippen molar-refractivity contribution >= 4 is 11.5 Å². The summed E-state index contributed by atoms with van der Waals surface area (Å²) in [7, 11) is 0. The van der Waals surface area contributed by atoms with Gasteiger partial charge in [0.15, 0.2) is 0 Å². The van der Waals surface area contributed by atoms with Crippen molar-refractivity contribution in [2.75, 3.05) is 4.90 Å². The number of aryl methyl sites for hydroxylation is 1. The molecule has 0 fully saturated rings. The molecule has 0 N–H and O–H groups in total. The van der Waals surface area contributed by atoms with E-state index in [9.17, 15) is 0 Å². The molecule has 0 radical (unpaired) electrons. The van der Waals surface area contributed by atoms with Crippen LogP contribution in [0, 0.1) is 6.92 Å². The van der Waals surface area contributed by atoms with Crippen LogP contribution in [-0.2, 0) is 5.41 Å². The molecule has 1 atom stereocenters. The van der Waals surface area contributed by atoms with Gasteiger partial charge in [-0.1, -0.05) is 38.1 Å². The number of benzene rings is 1. The van der Waals surface area contributed by atoms with Gasteiger partial charge in [0.2, 0.25) is 0 Å². The smallest absolute Gasteiger partial charge is 0.137 e. The molecule has 1 aromatic heterocycles. The van der Waals surface area contributed by atoms with Gasteiger partial charge in [0.1, 0.15) is 5.82 Å². The molecule has 2 nitrogen and oxygen atoms in total. The summed E-state index contributed by atoms with van der Waals surface area (Å²) in [6, 6.07) is 13.2. The number of aromatic nitrogens is 1. The average Bonchev–Trinajstić information content (AvgIpc) is 2.60. The predicted octanol–water partition coefficient (Wildman–Crippen LogP) is 4.21. The van der Waals surface area contributed by atoms with E-state index >= 15 is 0 Å². The van der Waals surface area contributed by atoms with E-state index < -0.39 is 0 Å². The Bertz CT molecular complexity index is 616. The molecule has 19 heavy (non-hydrogen) atoms. The van der Waals surface area contributed by atoms with Crippen molar-refractivity contribution in [2.24, 2.45) is 0 Å². The maximum atomic E-state index is 4.63. The first-order valence-corrected chi connectivity index (χ1v) is 6.84. The first-order valence-electron chi connectivity index (χ1n) is 6.84. The summed E-state index contributed by atoms with van der Waals surface area (Å²) < 4.78 is 0. The Morgan fingerprint density at radius 2 is 1.84 bits per heavy atom. The standard InChI is InChI=1S/C17H20N2/c1-12-8-5-6-10-15(12)19-13(2)17(3,4)14-9-7-11-18-16(14)19/h5-11,13H,1-4H3. The topological polar surface area (TPSA) is 16.1 Å². The van der Waals surface area contributed by atoms with Gasteiger partial charge in [-0.25, -0.2) is 4.98 Å². The molecule has 3 rings (SSSR count). The number of hydrogen-bond donors (Lipinski definition) is 0. The van der Waals surface area contributed by atoms with Crippen LogP contribution < -0.4 is 4.90 Å². The monoisotopic (exact) mass is 252 g/mol. The van der Waals surface area contributed by atoms with Crippen molar-refractivity contribution in [1.82, 2.24) is 4.98 Å². The van der Waals surface area contributed by atoms with Gasteiger partial charge in [0.25, 0.3) is 0 Å². The molecule has 0 amide bonds. The van der Waals surface area contributed by atoms with E-state index in [4.69, 9.17) is 0 Å². The zero-order chi connectivity index (χ0) is 13.6. The molecular weight excluding hydrogens is 232 g/mol. The third-order valence-corrected chi connectivity index (χ3v) is 4.52. The Balaban J connectivity index is 2.21. The lowest BCUT2D eigenvalue weighted by atomic mass is 9.82. The van der Waals surface area contributed by atoms with Gasteiger partial charge in [0, 0.05) is 28.9 Å². The molecule has 2 heterocycles. The van der Waals surface area contributed by atoms with Gasteiger partial charge in [-0.2, -0.15) is 0 Å². The molecule has 0 bridgehead atoms. The van der Waals surface area contributed by atoms with Crippen LogP contribution in [0.15, 0.2) is 42.6 Å². The molecule has 0 saturated heterocycles. The van der Waals surface area contributed by atoms with Gasteiger partial charge in [0.05, 0.1) is 0 Å². The Kier molecular flexibility index (Phi) is 2.63. The lowest BCUT2D eigenvalue weighted by Crippen LogP contribution is -2.36. The molecule has 1 aliphatic heterocycles. The molecule has 0 aliphatic carbocycles. The predicted molar refractivity (Wildman–Crippen MR) is 80.0 cm³/mol. The third-order valence-electron chi connectivity index (χ3n) is 4.52. The van der Waals surface area contributed by atoms with Crippen molar-refractivity contribution in [3.8, 4) is 0 Å². The van der Waals surface area contributed by atoms with Gasteiger partial charge in [-0.15, -0.1) is 0 Å². The number of pyridine rings is 1. The number of rotatable bonds is 1. The molecule has 2 heteroatoms. The minimum absolute atomic E-state index is 0.117. The number of para-hydroxylation sites is 1. The zero-order valence-electron chi connectivity index (χ0n) is 12.0. The molecule has 98 valence electrons. The van der Waals surface area contributed by atoms with Crippen LogP contribution in [0.3, 0.4) is 0 Å². The van der Waals surface area contributed by atoms with Crippen molar-refractivity contribution in [3.05, 3.63) is 53.7 Å². The van der Waals surface area contributed by atoms with E-state index in [2.05, 4.69) is 67.9 Å². The van der Waals surface area contributed by atoms with E-state index in [1.54, 1.807) is 0 Å². The van der Waals surface area contributed by atoms with Crippen LogP contribution in [0.5, 0.6) is 0 Å². The zero-order valence-corrected chi connectivity index (χ0v) is 12.0. The quantitative estimate of drug-likeness (QED) is 0.756. The second-order valence-electron chi connectivity index (χ2n) is 5.93. The highest BCUT2D eigenvalue weighted by Crippen LogP contribution is 2.47. The fourth-order valence-corrected chi connectivity index (χ4v) is 2.98. The average molecular weight is 252 g/mol. The van der Waals surface area contributed by atoms with E-state index in [0.29, 0.717) is 6.04 Å². The fourth-order valence-electron chi connectivity index (χ4n) is 2.98. The van der Waals surface area contributed by atoms with E-state index in [1.807, 2.05) is 12.3 Å².